The zero-order valence-electron chi connectivity index (χ0n) is 11.4. The van der Waals surface area contributed by atoms with Crippen LogP contribution in [0, 0.1) is 11.8 Å². The standard InChI is InChI=1S/C15H18N4O/c1-11-9-16-10-12(11)15(20)18-13-5-2-3-6-14(13)19-8-4-7-17-19/h2-8,11-12,16H,9-10H2,1H3,(H,18,20)/t11-,12-/m1/s1. The maximum Gasteiger partial charge on any atom is 0.229 e. The summed E-state index contributed by atoms with van der Waals surface area (Å²) in [5, 5.41) is 10.5. The lowest BCUT2D eigenvalue weighted by molar-refractivity contribution is -0.120. The van der Waals surface area contributed by atoms with Gasteiger partial charge in [0.25, 0.3) is 0 Å². The topological polar surface area (TPSA) is 59.0 Å². The van der Waals surface area contributed by atoms with Crippen LogP contribution < -0.4 is 10.6 Å². The second-order valence-corrected chi connectivity index (χ2v) is 5.20. The zero-order valence-corrected chi connectivity index (χ0v) is 11.4. The molecule has 0 bridgehead atoms. The molecule has 0 saturated carbocycles. The lowest BCUT2D eigenvalue weighted by atomic mass is 9.97. The van der Waals surface area contributed by atoms with Gasteiger partial charge in [-0.05, 0) is 30.7 Å². The highest BCUT2D eigenvalue weighted by Crippen LogP contribution is 2.22. The van der Waals surface area contributed by atoms with Crippen molar-refractivity contribution in [3.63, 3.8) is 0 Å². The first-order chi connectivity index (χ1) is 9.75. The molecule has 1 aliphatic rings. The van der Waals surface area contributed by atoms with E-state index >= 15 is 0 Å². The maximum absolute atomic E-state index is 12.4. The fourth-order valence-electron chi connectivity index (χ4n) is 2.58. The van der Waals surface area contributed by atoms with E-state index in [-0.39, 0.29) is 11.8 Å². The van der Waals surface area contributed by atoms with E-state index in [9.17, 15) is 4.79 Å². The van der Waals surface area contributed by atoms with Crippen molar-refractivity contribution in [3.05, 3.63) is 42.7 Å². The van der Waals surface area contributed by atoms with Gasteiger partial charge in [-0.15, -0.1) is 0 Å². The molecule has 1 aromatic carbocycles. The van der Waals surface area contributed by atoms with Crippen LogP contribution in [-0.2, 0) is 4.79 Å². The number of aromatic nitrogens is 2. The lowest BCUT2D eigenvalue weighted by Gasteiger charge is -2.16. The predicted molar refractivity (Wildman–Crippen MR) is 77.7 cm³/mol. The molecule has 2 heterocycles. The fourth-order valence-corrected chi connectivity index (χ4v) is 2.58. The molecular formula is C15H18N4O. The summed E-state index contributed by atoms with van der Waals surface area (Å²) in [4.78, 5) is 12.4. The molecule has 20 heavy (non-hydrogen) atoms. The number of hydrogen-bond donors (Lipinski definition) is 2. The van der Waals surface area contributed by atoms with E-state index in [2.05, 4.69) is 22.7 Å². The summed E-state index contributed by atoms with van der Waals surface area (Å²) in [6.45, 7) is 3.75. The van der Waals surface area contributed by atoms with Crippen LogP contribution in [0.1, 0.15) is 6.92 Å². The zero-order chi connectivity index (χ0) is 13.9. The van der Waals surface area contributed by atoms with Gasteiger partial charge in [-0.25, -0.2) is 4.68 Å². The van der Waals surface area contributed by atoms with E-state index in [4.69, 9.17) is 0 Å². The van der Waals surface area contributed by atoms with Gasteiger partial charge in [-0.1, -0.05) is 19.1 Å². The Labute approximate surface area is 118 Å². The Bertz CT molecular complexity index is 594. The lowest BCUT2D eigenvalue weighted by Crippen LogP contribution is -2.28. The van der Waals surface area contributed by atoms with Crippen molar-refractivity contribution in [2.24, 2.45) is 11.8 Å². The Morgan fingerprint density at radius 3 is 2.90 bits per heavy atom. The van der Waals surface area contributed by atoms with Gasteiger partial charge in [-0.3, -0.25) is 4.79 Å². The molecule has 5 nitrogen and oxygen atoms in total. The summed E-state index contributed by atoms with van der Waals surface area (Å²) >= 11 is 0. The Hall–Kier alpha value is -2.14. The number of nitrogens with one attached hydrogen (secondary N) is 2. The summed E-state index contributed by atoms with van der Waals surface area (Å²) in [5.41, 5.74) is 1.67. The predicted octanol–water partition coefficient (Wildman–Crippen LogP) is 1.67. The number of carbonyl (C=O) groups excluding carboxylic acids is 1. The minimum atomic E-state index is 0.0284. The summed E-state index contributed by atoms with van der Waals surface area (Å²) in [7, 11) is 0. The van der Waals surface area contributed by atoms with Crippen LogP contribution >= 0.6 is 0 Å². The monoisotopic (exact) mass is 270 g/mol. The smallest absolute Gasteiger partial charge is 0.229 e. The number of benzene rings is 1. The molecule has 5 heteroatoms. The van der Waals surface area contributed by atoms with Crippen molar-refractivity contribution in [1.82, 2.24) is 15.1 Å². The third kappa shape index (κ3) is 2.44. The van der Waals surface area contributed by atoms with E-state index in [1.165, 1.54) is 0 Å². The number of amides is 1. The van der Waals surface area contributed by atoms with Gasteiger partial charge in [-0.2, -0.15) is 5.10 Å². The van der Waals surface area contributed by atoms with Crippen LogP contribution in [0.2, 0.25) is 0 Å². The molecule has 2 aromatic rings. The first kappa shape index (κ1) is 12.9. The van der Waals surface area contributed by atoms with E-state index < -0.39 is 0 Å². The number of hydrogen-bond acceptors (Lipinski definition) is 3. The number of nitrogens with zero attached hydrogens (tertiary/aromatic N) is 2. The summed E-state index contributed by atoms with van der Waals surface area (Å²) in [5.74, 6) is 0.467. The summed E-state index contributed by atoms with van der Waals surface area (Å²) in [6, 6.07) is 9.56. The van der Waals surface area contributed by atoms with Gasteiger partial charge in [0.15, 0.2) is 0 Å². The molecule has 0 unspecified atom stereocenters. The Balaban J connectivity index is 1.83. The van der Waals surface area contributed by atoms with Crippen LogP contribution in [0.4, 0.5) is 5.69 Å². The van der Waals surface area contributed by atoms with E-state index in [1.54, 1.807) is 10.9 Å². The molecule has 1 fully saturated rings. The van der Waals surface area contributed by atoms with Gasteiger partial charge in [0.2, 0.25) is 5.91 Å². The molecule has 2 atom stereocenters. The molecule has 0 radical (unpaired) electrons. The molecule has 0 aliphatic carbocycles. The van der Waals surface area contributed by atoms with Crippen molar-refractivity contribution in [3.8, 4) is 5.69 Å². The van der Waals surface area contributed by atoms with E-state index in [0.29, 0.717) is 5.92 Å². The average Bonchev–Trinajstić information content (AvgIpc) is 3.10. The highest BCUT2D eigenvalue weighted by molar-refractivity contribution is 5.95. The molecule has 104 valence electrons. The molecule has 1 aliphatic heterocycles. The molecule has 1 amide bonds. The number of rotatable bonds is 3. The number of para-hydroxylation sites is 2. The molecule has 1 saturated heterocycles. The molecule has 2 N–H and O–H groups in total. The second kappa shape index (κ2) is 5.46. The number of carbonyl (C=O) groups is 1. The van der Waals surface area contributed by atoms with Crippen LogP contribution in [0.15, 0.2) is 42.7 Å². The number of anilines is 1. The van der Waals surface area contributed by atoms with Gasteiger partial charge < -0.3 is 10.6 Å². The van der Waals surface area contributed by atoms with Crippen molar-refractivity contribution >= 4 is 11.6 Å². The maximum atomic E-state index is 12.4. The Morgan fingerprint density at radius 1 is 1.35 bits per heavy atom. The first-order valence-electron chi connectivity index (χ1n) is 6.86. The van der Waals surface area contributed by atoms with Gasteiger partial charge >= 0.3 is 0 Å². The normalized spacial score (nSPS) is 21.9. The molecule has 0 spiro atoms. The molecule has 1 aromatic heterocycles. The van der Waals surface area contributed by atoms with Crippen LogP contribution in [0.5, 0.6) is 0 Å². The largest absolute Gasteiger partial charge is 0.324 e. The summed E-state index contributed by atoms with van der Waals surface area (Å²) < 4.78 is 1.76. The Kier molecular flexibility index (Phi) is 3.52. The summed E-state index contributed by atoms with van der Waals surface area (Å²) in [6.07, 6.45) is 3.59. The highest BCUT2D eigenvalue weighted by atomic mass is 16.2. The van der Waals surface area contributed by atoms with E-state index in [0.717, 1.165) is 24.5 Å². The van der Waals surface area contributed by atoms with Crippen molar-refractivity contribution in [2.75, 3.05) is 18.4 Å². The van der Waals surface area contributed by atoms with Gasteiger partial charge in [0.1, 0.15) is 0 Å². The molecule has 3 rings (SSSR count). The SMILES string of the molecule is C[C@@H]1CNC[C@H]1C(=O)Nc1ccccc1-n1cccn1. The minimum Gasteiger partial charge on any atom is -0.324 e. The second-order valence-electron chi connectivity index (χ2n) is 5.20. The van der Waals surface area contributed by atoms with Crippen molar-refractivity contribution < 1.29 is 4.79 Å². The molecular weight excluding hydrogens is 252 g/mol. The fraction of sp³-hybridized carbons (Fsp3) is 0.333. The minimum absolute atomic E-state index is 0.0284. The van der Waals surface area contributed by atoms with Crippen LogP contribution in [0.25, 0.3) is 5.69 Å². The third-order valence-electron chi connectivity index (χ3n) is 3.77. The van der Waals surface area contributed by atoms with Crippen LogP contribution in [0.3, 0.4) is 0 Å². The first-order valence-corrected chi connectivity index (χ1v) is 6.86. The Morgan fingerprint density at radius 2 is 2.20 bits per heavy atom. The van der Waals surface area contributed by atoms with Gasteiger partial charge in [0.05, 0.1) is 17.3 Å². The average molecular weight is 270 g/mol. The van der Waals surface area contributed by atoms with Gasteiger partial charge in [0, 0.05) is 18.9 Å². The third-order valence-corrected chi connectivity index (χ3v) is 3.77. The van der Waals surface area contributed by atoms with Crippen molar-refractivity contribution in [2.45, 2.75) is 6.92 Å². The highest BCUT2D eigenvalue weighted by Gasteiger charge is 2.29. The van der Waals surface area contributed by atoms with E-state index in [1.807, 2.05) is 36.5 Å². The van der Waals surface area contributed by atoms with Crippen LogP contribution in [-0.4, -0.2) is 28.8 Å². The van der Waals surface area contributed by atoms with Crippen molar-refractivity contribution in [1.29, 1.82) is 0 Å². The quantitative estimate of drug-likeness (QED) is 0.892.